The first-order chi connectivity index (χ1) is 8.85. The largest absolute Gasteiger partial charge is 0.463 e. The molecular weight excluding hydrogens is 272 g/mol. The Hall–Kier alpha value is -1.38. The van der Waals surface area contributed by atoms with Crippen LogP contribution in [0.1, 0.15) is 30.2 Å². The van der Waals surface area contributed by atoms with Crippen molar-refractivity contribution in [3.05, 3.63) is 17.6 Å². The first-order valence-electron chi connectivity index (χ1n) is 5.79. The fraction of sp³-hybridized carbons (Fsp3) is 0.545. The van der Waals surface area contributed by atoms with Gasteiger partial charge in [0.2, 0.25) is 15.8 Å². The summed E-state index contributed by atoms with van der Waals surface area (Å²) < 4.78 is 36.3. The summed E-state index contributed by atoms with van der Waals surface area (Å²) in [6.45, 7) is 3.54. The molecule has 8 heteroatoms. The van der Waals surface area contributed by atoms with Crippen molar-refractivity contribution in [3.8, 4) is 0 Å². The fourth-order valence-corrected chi connectivity index (χ4v) is 2.96. The average molecular weight is 290 g/mol. The number of sulfonamides is 1. The number of aryl methyl sites for hydroxylation is 1. The quantitative estimate of drug-likeness (QED) is 0.727. The van der Waals surface area contributed by atoms with Crippen molar-refractivity contribution in [2.24, 2.45) is 5.73 Å². The highest BCUT2D eigenvalue weighted by molar-refractivity contribution is 7.89. The minimum atomic E-state index is -3.77. The Bertz CT molecular complexity index is 549. The molecule has 0 aliphatic heterocycles. The van der Waals surface area contributed by atoms with Crippen molar-refractivity contribution in [1.29, 1.82) is 0 Å². The Kier molecular flexibility index (Phi) is 5.10. The maximum absolute atomic E-state index is 12.1. The van der Waals surface area contributed by atoms with Crippen LogP contribution >= 0.6 is 0 Å². The Morgan fingerprint density at radius 2 is 2.21 bits per heavy atom. The third-order valence-corrected chi connectivity index (χ3v) is 4.11. The molecule has 0 unspecified atom stereocenters. The maximum Gasteiger partial charge on any atom is 0.373 e. The van der Waals surface area contributed by atoms with Gasteiger partial charge in [-0.3, -0.25) is 0 Å². The van der Waals surface area contributed by atoms with Crippen LogP contribution < -0.4 is 10.5 Å². The Labute approximate surface area is 112 Å². The molecule has 19 heavy (non-hydrogen) atoms. The first-order valence-corrected chi connectivity index (χ1v) is 7.27. The Balaban J connectivity index is 3.18. The second-order valence-corrected chi connectivity index (χ2v) is 5.68. The number of carbonyl (C=O) groups is 1. The summed E-state index contributed by atoms with van der Waals surface area (Å²) in [5.41, 5.74) is 5.38. The van der Waals surface area contributed by atoms with Crippen molar-refractivity contribution >= 4 is 16.0 Å². The summed E-state index contributed by atoms with van der Waals surface area (Å²) in [5.74, 6) is -0.653. The predicted octanol–water partition coefficient (Wildman–Crippen LogP) is 0.254. The van der Waals surface area contributed by atoms with E-state index >= 15 is 0 Å². The van der Waals surface area contributed by atoms with Gasteiger partial charge in [0.25, 0.3) is 0 Å². The van der Waals surface area contributed by atoms with Crippen molar-refractivity contribution in [2.45, 2.75) is 31.2 Å². The third-order valence-electron chi connectivity index (χ3n) is 2.48. The van der Waals surface area contributed by atoms with E-state index in [0.29, 0.717) is 6.42 Å². The van der Waals surface area contributed by atoms with Gasteiger partial charge in [0, 0.05) is 25.1 Å². The molecule has 0 bridgehead atoms. The van der Waals surface area contributed by atoms with Crippen molar-refractivity contribution < 1.29 is 22.4 Å². The van der Waals surface area contributed by atoms with Crippen LogP contribution in [0.2, 0.25) is 0 Å². The summed E-state index contributed by atoms with van der Waals surface area (Å²) in [6.07, 6.45) is 0.338. The number of esters is 1. The van der Waals surface area contributed by atoms with Crippen LogP contribution in [0.4, 0.5) is 0 Å². The molecule has 0 radical (unpaired) electrons. The van der Waals surface area contributed by atoms with E-state index in [1.165, 1.54) is 7.11 Å². The van der Waals surface area contributed by atoms with E-state index in [1.54, 1.807) is 13.8 Å². The molecule has 0 amide bonds. The van der Waals surface area contributed by atoms with Crippen LogP contribution in [-0.2, 0) is 21.2 Å². The molecule has 1 aromatic heterocycles. The molecule has 108 valence electrons. The first kappa shape index (κ1) is 15.7. The van der Waals surface area contributed by atoms with Gasteiger partial charge in [-0.25, -0.2) is 17.9 Å². The van der Waals surface area contributed by atoms with Gasteiger partial charge in [-0.2, -0.15) is 0 Å². The highest BCUT2D eigenvalue weighted by Crippen LogP contribution is 2.22. The van der Waals surface area contributed by atoms with Gasteiger partial charge < -0.3 is 14.9 Å². The van der Waals surface area contributed by atoms with E-state index in [1.807, 2.05) is 0 Å². The molecule has 1 rings (SSSR count). The lowest BCUT2D eigenvalue weighted by Gasteiger charge is -2.11. The van der Waals surface area contributed by atoms with E-state index in [-0.39, 0.29) is 23.0 Å². The number of carbonyl (C=O) groups excluding carboxylic acids is 1. The zero-order valence-electron chi connectivity index (χ0n) is 11.1. The van der Waals surface area contributed by atoms with Crippen LogP contribution in [0.25, 0.3) is 0 Å². The van der Waals surface area contributed by atoms with Crippen LogP contribution in [0.5, 0.6) is 0 Å². The smallest absolute Gasteiger partial charge is 0.373 e. The van der Waals surface area contributed by atoms with Gasteiger partial charge in [-0.05, 0) is 6.92 Å². The van der Waals surface area contributed by atoms with Gasteiger partial charge >= 0.3 is 5.97 Å². The zero-order chi connectivity index (χ0) is 14.6. The van der Waals surface area contributed by atoms with Crippen molar-refractivity contribution in [3.63, 3.8) is 0 Å². The minimum Gasteiger partial charge on any atom is -0.463 e. The number of hydrogen-bond donors (Lipinski definition) is 2. The molecular formula is C11H18N2O5S. The Morgan fingerprint density at radius 1 is 1.58 bits per heavy atom. The van der Waals surface area contributed by atoms with E-state index in [2.05, 4.69) is 9.46 Å². The second kappa shape index (κ2) is 6.18. The third kappa shape index (κ3) is 3.55. The van der Waals surface area contributed by atoms with E-state index < -0.39 is 22.0 Å². The lowest BCUT2D eigenvalue weighted by Crippen LogP contribution is -2.37. The topological polar surface area (TPSA) is 112 Å². The lowest BCUT2D eigenvalue weighted by molar-refractivity contribution is 0.0563. The van der Waals surface area contributed by atoms with E-state index in [4.69, 9.17) is 10.2 Å². The molecule has 1 aromatic rings. The summed E-state index contributed by atoms with van der Waals surface area (Å²) >= 11 is 0. The SMILES string of the molecule is CCc1oc(C(=O)OC)cc1S(=O)(=O)N[C@@H](C)CN. The van der Waals surface area contributed by atoms with Gasteiger partial charge in [0.15, 0.2) is 0 Å². The van der Waals surface area contributed by atoms with Gasteiger partial charge in [0.05, 0.1) is 7.11 Å². The molecule has 0 aromatic carbocycles. The number of nitrogens with two attached hydrogens (primary N) is 1. The molecule has 0 saturated carbocycles. The predicted molar refractivity (Wildman–Crippen MR) is 68.3 cm³/mol. The zero-order valence-corrected chi connectivity index (χ0v) is 11.9. The van der Waals surface area contributed by atoms with Gasteiger partial charge in [-0.15, -0.1) is 0 Å². The molecule has 1 atom stereocenters. The summed E-state index contributed by atoms with van der Waals surface area (Å²) in [7, 11) is -2.57. The number of rotatable bonds is 6. The fourth-order valence-electron chi connectivity index (χ4n) is 1.46. The van der Waals surface area contributed by atoms with Crippen LogP contribution in [0.15, 0.2) is 15.4 Å². The molecule has 0 fully saturated rings. The maximum atomic E-state index is 12.1. The standard InChI is InChI=1S/C11H18N2O5S/c1-4-8-10(5-9(18-8)11(14)17-3)19(15,16)13-7(2)6-12/h5,7,13H,4,6,12H2,1-3H3/t7-/m0/s1. The van der Waals surface area contributed by atoms with Gasteiger partial charge in [0.1, 0.15) is 10.7 Å². The highest BCUT2D eigenvalue weighted by Gasteiger charge is 2.26. The summed E-state index contributed by atoms with van der Waals surface area (Å²) in [4.78, 5) is 11.3. The molecule has 0 spiro atoms. The second-order valence-electron chi connectivity index (χ2n) is 4.00. The van der Waals surface area contributed by atoms with E-state index in [9.17, 15) is 13.2 Å². The van der Waals surface area contributed by atoms with Crippen molar-refractivity contribution in [2.75, 3.05) is 13.7 Å². The van der Waals surface area contributed by atoms with Crippen LogP contribution in [-0.4, -0.2) is 34.1 Å². The number of hydrogen-bond acceptors (Lipinski definition) is 6. The van der Waals surface area contributed by atoms with Crippen molar-refractivity contribution in [1.82, 2.24) is 4.72 Å². The molecule has 0 saturated heterocycles. The highest BCUT2D eigenvalue weighted by atomic mass is 32.2. The molecule has 7 nitrogen and oxygen atoms in total. The monoisotopic (exact) mass is 290 g/mol. The molecule has 3 N–H and O–H groups in total. The number of methoxy groups -OCH3 is 1. The van der Waals surface area contributed by atoms with E-state index in [0.717, 1.165) is 6.07 Å². The Morgan fingerprint density at radius 3 is 2.68 bits per heavy atom. The number of furan rings is 1. The normalized spacial score (nSPS) is 13.3. The van der Waals surface area contributed by atoms with Crippen LogP contribution in [0.3, 0.4) is 0 Å². The number of ether oxygens (including phenoxy) is 1. The summed E-state index contributed by atoms with van der Waals surface area (Å²) in [6, 6.07) is 0.752. The van der Waals surface area contributed by atoms with Crippen LogP contribution in [0, 0.1) is 0 Å². The summed E-state index contributed by atoms with van der Waals surface area (Å²) in [5, 5.41) is 0. The lowest BCUT2D eigenvalue weighted by atomic mass is 10.3. The van der Waals surface area contributed by atoms with Gasteiger partial charge in [-0.1, -0.05) is 6.92 Å². The molecule has 0 aliphatic rings. The molecule has 1 heterocycles. The number of nitrogens with one attached hydrogen (secondary N) is 1. The molecule has 0 aliphatic carbocycles. The average Bonchev–Trinajstić information content (AvgIpc) is 2.82. The minimum absolute atomic E-state index is 0.0595.